The average Bonchev–Trinajstić information content (AvgIpc) is 2.60. The van der Waals surface area contributed by atoms with Gasteiger partial charge in [-0.05, 0) is 36.4 Å². The number of carbonyl (C=O) groups is 1. The summed E-state index contributed by atoms with van der Waals surface area (Å²) in [5.41, 5.74) is 1.14. The van der Waals surface area contributed by atoms with Crippen molar-refractivity contribution in [2.45, 2.75) is 0 Å². The van der Waals surface area contributed by atoms with Crippen LogP contribution in [0.25, 0.3) is 10.9 Å². The molecule has 0 radical (unpaired) electrons. The van der Waals surface area contributed by atoms with Crippen LogP contribution in [0.3, 0.4) is 0 Å². The van der Waals surface area contributed by atoms with E-state index in [4.69, 9.17) is 32.7 Å². The van der Waals surface area contributed by atoms with Crippen molar-refractivity contribution < 1.29 is 14.3 Å². The lowest BCUT2D eigenvalue weighted by molar-refractivity contribution is -0.118. The summed E-state index contributed by atoms with van der Waals surface area (Å²) in [5.74, 6) is 0.611. The topological polar surface area (TPSA) is 73.3 Å². The number of nitrogens with zero attached hydrogens (tertiary/aromatic N) is 2. The van der Waals surface area contributed by atoms with Crippen molar-refractivity contribution in [2.75, 3.05) is 19.0 Å². The zero-order chi connectivity index (χ0) is 17.8. The highest BCUT2D eigenvalue weighted by Crippen LogP contribution is 2.30. The summed E-state index contributed by atoms with van der Waals surface area (Å²) in [4.78, 5) is 20.2. The molecule has 8 heteroatoms. The van der Waals surface area contributed by atoms with E-state index in [9.17, 15) is 4.79 Å². The second-order valence-electron chi connectivity index (χ2n) is 5.03. The molecule has 128 valence electrons. The third-order valence-electron chi connectivity index (χ3n) is 3.33. The molecule has 2 aromatic carbocycles. The van der Waals surface area contributed by atoms with E-state index < -0.39 is 0 Å². The molecule has 0 fully saturated rings. The summed E-state index contributed by atoms with van der Waals surface area (Å²) in [6.45, 7) is -0.220. The molecular weight excluding hydrogens is 365 g/mol. The van der Waals surface area contributed by atoms with Crippen LogP contribution in [0.5, 0.6) is 11.6 Å². The highest BCUT2D eigenvalue weighted by atomic mass is 35.5. The van der Waals surface area contributed by atoms with Crippen LogP contribution in [0.1, 0.15) is 0 Å². The smallest absolute Gasteiger partial charge is 0.262 e. The van der Waals surface area contributed by atoms with E-state index in [2.05, 4.69) is 15.3 Å². The van der Waals surface area contributed by atoms with E-state index in [0.29, 0.717) is 32.4 Å². The van der Waals surface area contributed by atoms with Gasteiger partial charge in [0.1, 0.15) is 12.1 Å². The lowest BCUT2D eigenvalue weighted by Crippen LogP contribution is -2.20. The van der Waals surface area contributed by atoms with Gasteiger partial charge in [-0.15, -0.1) is 0 Å². The molecular formula is C17H13Cl2N3O3. The largest absolute Gasteiger partial charge is 0.497 e. The predicted molar refractivity (Wildman–Crippen MR) is 96.7 cm³/mol. The Hall–Kier alpha value is -2.57. The fourth-order valence-corrected chi connectivity index (χ4v) is 2.73. The first kappa shape index (κ1) is 17.3. The Bertz CT molecular complexity index is 917. The molecule has 0 atom stereocenters. The Morgan fingerprint density at radius 2 is 1.92 bits per heavy atom. The Labute approximate surface area is 153 Å². The van der Waals surface area contributed by atoms with Gasteiger partial charge in [0.15, 0.2) is 6.61 Å². The fraction of sp³-hybridized carbons (Fsp3) is 0.118. The molecule has 0 saturated carbocycles. The van der Waals surface area contributed by atoms with Crippen LogP contribution in [0.4, 0.5) is 5.69 Å². The van der Waals surface area contributed by atoms with Gasteiger partial charge in [-0.25, -0.2) is 9.97 Å². The van der Waals surface area contributed by atoms with Gasteiger partial charge in [-0.3, -0.25) is 4.79 Å². The molecule has 1 amide bonds. The predicted octanol–water partition coefficient (Wildman–Crippen LogP) is 3.96. The molecule has 0 unspecified atom stereocenters. The number of amides is 1. The first-order valence-corrected chi connectivity index (χ1v) is 7.99. The lowest BCUT2D eigenvalue weighted by atomic mass is 10.2. The SMILES string of the molecule is COc1ccc(NC(=O)COc2ncnc3c(Cl)cc(Cl)cc23)cc1. The number of ether oxygens (including phenoxy) is 2. The van der Waals surface area contributed by atoms with E-state index in [-0.39, 0.29) is 18.4 Å². The Kier molecular flexibility index (Phi) is 5.21. The normalized spacial score (nSPS) is 10.5. The number of benzene rings is 2. The Morgan fingerprint density at radius 3 is 2.64 bits per heavy atom. The van der Waals surface area contributed by atoms with Crippen molar-refractivity contribution in [3.8, 4) is 11.6 Å². The van der Waals surface area contributed by atoms with Gasteiger partial charge in [-0.2, -0.15) is 0 Å². The van der Waals surface area contributed by atoms with Crippen LogP contribution in [0.2, 0.25) is 10.0 Å². The minimum Gasteiger partial charge on any atom is -0.497 e. The molecule has 0 spiro atoms. The van der Waals surface area contributed by atoms with Crippen molar-refractivity contribution in [1.82, 2.24) is 9.97 Å². The number of aromatic nitrogens is 2. The third kappa shape index (κ3) is 4.10. The highest BCUT2D eigenvalue weighted by molar-refractivity contribution is 6.38. The van der Waals surface area contributed by atoms with Gasteiger partial charge in [0.25, 0.3) is 5.91 Å². The number of halogens is 2. The molecule has 0 bridgehead atoms. The molecule has 0 saturated heterocycles. The first-order chi connectivity index (χ1) is 12.1. The quantitative estimate of drug-likeness (QED) is 0.728. The van der Waals surface area contributed by atoms with Gasteiger partial charge < -0.3 is 14.8 Å². The molecule has 1 heterocycles. The van der Waals surface area contributed by atoms with Gasteiger partial charge in [0, 0.05) is 10.7 Å². The summed E-state index contributed by atoms with van der Waals surface area (Å²) in [5, 5.41) is 4.08. The molecule has 6 nitrogen and oxygen atoms in total. The molecule has 25 heavy (non-hydrogen) atoms. The van der Waals surface area contributed by atoms with Gasteiger partial charge in [-0.1, -0.05) is 23.2 Å². The molecule has 0 aliphatic rings. The van der Waals surface area contributed by atoms with Crippen molar-refractivity contribution in [1.29, 1.82) is 0 Å². The van der Waals surface area contributed by atoms with Crippen LogP contribution < -0.4 is 14.8 Å². The number of methoxy groups -OCH3 is 1. The Morgan fingerprint density at radius 1 is 1.16 bits per heavy atom. The maximum Gasteiger partial charge on any atom is 0.262 e. The van der Waals surface area contributed by atoms with Crippen molar-refractivity contribution >= 4 is 45.7 Å². The summed E-state index contributed by atoms with van der Waals surface area (Å²) >= 11 is 12.1. The molecule has 1 N–H and O–H groups in total. The first-order valence-electron chi connectivity index (χ1n) is 7.23. The Balaban J connectivity index is 1.70. The summed E-state index contributed by atoms with van der Waals surface area (Å²) < 4.78 is 10.6. The van der Waals surface area contributed by atoms with E-state index in [0.717, 1.165) is 0 Å². The standard InChI is InChI=1S/C17H13Cl2N3O3/c1-24-12-4-2-11(3-5-12)22-15(23)8-25-17-13-6-10(18)7-14(19)16(13)20-9-21-17/h2-7,9H,8H2,1H3,(H,22,23). The second kappa shape index (κ2) is 7.55. The number of carbonyl (C=O) groups excluding carboxylic acids is 1. The van der Waals surface area contributed by atoms with Crippen LogP contribution in [0.15, 0.2) is 42.7 Å². The third-order valence-corrected chi connectivity index (χ3v) is 3.84. The van der Waals surface area contributed by atoms with E-state index in [1.807, 2.05) is 0 Å². The van der Waals surface area contributed by atoms with Crippen molar-refractivity contribution in [3.05, 3.63) is 52.8 Å². The zero-order valence-corrected chi connectivity index (χ0v) is 14.6. The number of hydrogen-bond acceptors (Lipinski definition) is 5. The minimum atomic E-state index is -0.329. The van der Waals surface area contributed by atoms with Gasteiger partial charge >= 0.3 is 0 Å². The number of fused-ring (bicyclic) bond motifs is 1. The fourth-order valence-electron chi connectivity index (χ4n) is 2.19. The second-order valence-corrected chi connectivity index (χ2v) is 5.87. The van der Waals surface area contributed by atoms with E-state index in [1.165, 1.54) is 6.33 Å². The van der Waals surface area contributed by atoms with Crippen LogP contribution >= 0.6 is 23.2 Å². The van der Waals surface area contributed by atoms with Crippen LogP contribution in [-0.4, -0.2) is 29.6 Å². The van der Waals surface area contributed by atoms with Gasteiger partial charge in [0.2, 0.25) is 5.88 Å². The molecule has 3 rings (SSSR count). The zero-order valence-electron chi connectivity index (χ0n) is 13.1. The van der Waals surface area contributed by atoms with E-state index >= 15 is 0 Å². The van der Waals surface area contributed by atoms with E-state index in [1.54, 1.807) is 43.5 Å². The summed E-state index contributed by atoms with van der Waals surface area (Å²) in [6.07, 6.45) is 1.32. The van der Waals surface area contributed by atoms with Crippen molar-refractivity contribution in [3.63, 3.8) is 0 Å². The maximum absolute atomic E-state index is 12.0. The number of hydrogen-bond donors (Lipinski definition) is 1. The minimum absolute atomic E-state index is 0.220. The number of nitrogens with one attached hydrogen (secondary N) is 1. The monoisotopic (exact) mass is 377 g/mol. The molecule has 1 aromatic heterocycles. The van der Waals surface area contributed by atoms with Gasteiger partial charge in [0.05, 0.1) is 23.0 Å². The highest BCUT2D eigenvalue weighted by Gasteiger charge is 2.11. The molecule has 0 aliphatic carbocycles. The number of anilines is 1. The average molecular weight is 378 g/mol. The molecule has 3 aromatic rings. The lowest BCUT2D eigenvalue weighted by Gasteiger charge is -2.09. The van der Waals surface area contributed by atoms with Crippen LogP contribution in [-0.2, 0) is 4.79 Å². The van der Waals surface area contributed by atoms with Crippen molar-refractivity contribution in [2.24, 2.45) is 0 Å². The summed E-state index contributed by atoms with van der Waals surface area (Å²) in [7, 11) is 1.58. The van der Waals surface area contributed by atoms with Crippen LogP contribution in [0, 0.1) is 0 Å². The number of rotatable bonds is 5. The summed E-state index contributed by atoms with van der Waals surface area (Å²) in [6, 6.07) is 10.2. The molecule has 0 aliphatic heterocycles. The maximum atomic E-state index is 12.0.